The Balaban J connectivity index is 1.43. The summed E-state index contributed by atoms with van der Waals surface area (Å²) in [5.74, 6) is -0.264. The number of para-hydroxylation sites is 2. The van der Waals surface area contributed by atoms with Crippen molar-refractivity contribution < 1.29 is 22.4 Å². The van der Waals surface area contributed by atoms with E-state index in [0.717, 1.165) is 19.3 Å². The highest BCUT2D eigenvalue weighted by atomic mass is 32.2. The largest absolute Gasteiger partial charge is 0.452 e. The van der Waals surface area contributed by atoms with Gasteiger partial charge in [0.05, 0.1) is 10.5 Å². The van der Waals surface area contributed by atoms with Gasteiger partial charge in [-0.3, -0.25) is 0 Å². The van der Waals surface area contributed by atoms with Crippen LogP contribution in [0.15, 0.2) is 57.8 Å². The second-order valence-corrected chi connectivity index (χ2v) is 9.03. The minimum absolute atomic E-state index is 0.0188. The molecule has 29 heavy (non-hydrogen) atoms. The van der Waals surface area contributed by atoms with Gasteiger partial charge in [-0.2, -0.15) is 4.31 Å². The summed E-state index contributed by atoms with van der Waals surface area (Å²) in [7, 11) is -3.57. The van der Waals surface area contributed by atoms with E-state index >= 15 is 0 Å². The summed E-state index contributed by atoms with van der Waals surface area (Å²) in [4.78, 5) is 16.7. The van der Waals surface area contributed by atoms with Crippen molar-refractivity contribution in [2.75, 3.05) is 6.54 Å². The fraction of sp³-hybridized carbons (Fsp3) is 0.333. The lowest BCUT2D eigenvalue weighted by Crippen LogP contribution is -2.41. The van der Waals surface area contributed by atoms with Crippen LogP contribution in [0.4, 0.5) is 0 Å². The van der Waals surface area contributed by atoms with Crippen LogP contribution in [0.3, 0.4) is 0 Å². The number of esters is 1. The minimum Gasteiger partial charge on any atom is -0.452 e. The number of ether oxygens (including phenoxy) is 1. The number of carbonyl (C=O) groups is 1. The molecule has 0 bridgehead atoms. The summed E-state index contributed by atoms with van der Waals surface area (Å²) in [6.45, 7) is 2.35. The van der Waals surface area contributed by atoms with Crippen molar-refractivity contribution in [3.8, 4) is 0 Å². The molecule has 1 fully saturated rings. The summed E-state index contributed by atoms with van der Waals surface area (Å²) >= 11 is 0. The molecule has 2 heterocycles. The number of rotatable bonds is 5. The third kappa shape index (κ3) is 4.04. The maximum absolute atomic E-state index is 12.9. The Labute approximate surface area is 169 Å². The fourth-order valence-corrected chi connectivity index (χ4v) is 5.22. The van der Waals surface area contributed by atoms with Gasteiger partial charge in [-0.15, -0.1) is 0 Å². The maximum atomic E-state index is 12.9. The molecule has 152 valence electrons. The van der Waals surface area contributed by atoms with Gasteiger partial charge in [0, 0.05) is 12.6 Å². The van der Waals surface area contributed by atoms with Crippen LogP contribution in [-0.2, 0) is 21.4 Å². The molecule has 0 spiro atoms. The second kappa shape index (κ2) is 7.96. The van der Waals surface area contributed by atoms with Gasteiger partial charge >= 0.3 is 5.97 Å². The molecule has 1 aromatic heterocycles. The van der Waals surface area contributed by atoms with Crippen LogP contribution in [-0.4, -0.2) is 36.3 Å². The van der Waals surface area contributed by atoms with Gasteiger partial charge in [0.15, 0.2) is 12.2 Å². The van der Waals surface area contributed by atoms with Gasteiger partial charge in [0.2, 0.25) is 15.9 Å². The van der Waals surface area contributed by atoms with E-state index in [0.29, 0.717) is 23.5 Å². The monoisotopic (exact) mass is 414 g/mol. The van der Waals surface area contributed by atoms with E-state index in [1.165, 1.54) is 28.6 Å². The van der Waals surface area contributed by atoms with Crippen molar-refractivity contribution in [1.29, 1.82) is 0 Å². The highest BCUT2D eigenvalue weighted by Gasteiger charge is 2.31. The predicted molar refractivity (Wildman–Crippen MR) is 107 cm³/mol. The average molecular weight is 414 g/mol. The Morgan fingerprint density at radius 3 is 2.66 bits per heavy atom. The van der Waals surface area contributed by atoms with Crippen molar-refractivity contribution >= 4 is 27.1 Å². The molecule has 1 aliphatic heterocycles. The zero-order valence-corrected chi connectivity index (χ0v) is 16.9. The summed E-state index contributed by atoms with van der Waals surface area (Å²) < 4.78 is 38.0. The van der Waals surface area contributed by atoms with Gasteiger partial charge in [0.1, 0.15) is 5.52 Å². The number of fused-ring (bicyclic) bond motifs is 1. The van der Waals surface area contributed by atoms with Crippen LogP contribution in [0.25, 0.3) is 11.1 Å². The number of oxazole rings is 1. The standard InChI is InChI=1S/C21H22N2O5S/c1-15-6-4-5-13-23(15)29(25,26)17-11-9-16(10-12-17)21(24)27-14-20-22-18-7-2-3-8-19(18)28-20/h2-3,7-12,15H,4-6,13-14H2,1H3/t15-/m0/s1. The summed E-state index contributed by atoms with van der Waals surface area (Å²) in [5, 5.41) is 0. The van der Waals surface area contributed by atoms with E-state index in [-0.39, 0.29) is 23.1 Å². The summed E-state index contributed by atoms with van der Waals surface area (Å²) in [6, 6.07) is 13.1. The predicted octanol–water partition coefficient (Wildman–Crippen LogP) is 3.75. The maximum Gasteiger partial charge on any atom is 0.338 e. The Hall–Kier alpha value is -2.71. The van der Waals surface area contributed by atoms with Crippen LogP contribution in [0.1, 0.15) is 42.4 Å². The number of benzene rings is 2. The number of hydrogen-bond donors (Lipinski definition) is 0. The zero-order chi connectivity index (χ0) is 20.4. The Kier molecular flexibility index (Phi) is 5.38. The Bertz CT molecular complexity index is 1090. The second-order valence-electron chi connectivity index (χ2n) is 7.14. The van der Waals surface area contributed by atoms with E-state index in [2.05, 4.69) is 4.98 Å². The minimum atomic E-state index is -3.57. The van der Waals surface area contributed by atoms with Gasteiger partial charge in [-0.25, -0.2) is 18.2 Å². The fourth-order valence-electron chi connectivity index (χ4n) is 3.52. The first-order valence-electron chi connectivity index (χ1n) is 9.58. The van der Waals surface area contributed by atoms with Crippen LogP contribution in [0.2, 0.25) is 0 Å². The SMILES string of the molecule is C[C@H]1CCCCN1S(=O)(=O)c1ccc(C(=O)OCc2nc3ccccc3o2)cc1. The van der Waals surface area contributed by atoms with Gasteiger partial charge < -0.3 is 9.15 Å². The third-order valence-corrected chi connectivity index (χ3v) is 7.13. The molecule has 4 rings (SSSR count). The zero-order valence-electron chi connectivity index (χ0n) is 16.1. The molecular formula is C21H22N2O5S. The Morgan fingerprint density at radius 2 is 1.93 bits per heavy atom. The molecule has 1 aliphatic rings. The molecule has 1 atom stereocenters. The van der Waals surface area contributed by atoms with Crippen LogP contribution >= 0.6 is 0 Å². The number of hydrogen-bond acceptors (Lipinski definition) is 6. The normalized spacial score (nSPS) is 18.0. The Morgan fingerprint density at radius 1 is 1.17 bits per heavy atom. The number of nitrogens with zero attached hydrogens (tertiary/aromatic N) is 2. The molecule has 7 nitrogen and oxygen atoms in total. The van der Waals surface area contributed by atoms with Crippen molar-refractivity contribution in [3.63, 3.8) is 0 Å². The number of carbonyl (C=O) groups excluding carboxylic acids is 1. The average Bonchev–Trinajstić information content (AvgIpc) is 3.15. The number of sulfonamides is 1. The summed E-state index contributed by atoms with van der Waals surface area (Å²) in [5.41, 5.74) is 1.59. The van der Waals surface area contributed by atoms with Gasteiger partial charge in [-0.05, 0) is 56.2 Å². The van der Waals surface area contributed by atoms with Gasteiger partial charge in [-0.1, -0.05) is 18.6 Å². The highest BCUT2D eigenvalue weighted by molar-refractivity contribution is 7.89. The van der Waals surface area contributed by atoms with Crippen LogP contribution in [0, 0.1) is 0 Å². The molecule has 0 amide bonds. The van der Waals surface area contributed by atoms with Crippen molar-refractivity contribution in [1.82, 2.24) is 9.29 Å². The number of piperidine rings is 1. The van der Waals surface area contributed by atoms with Crippen molar-refractivity contribution in [3.05, 3.63) is 60.0 Å². The van der Waals surface area contributed by atoms with E-state index in [1.54, 1.807) is 6.07 Å². The molecule has 3 aromatic rings. The lowest BCUT2D eigenvalue weighted by molar-refractivity contribution is 0.0440. The molecule has 2 aromatic carbocycles. The van der Waals surface area contributed by atoms with E-state index in [1.807, 2.05) is 25.1 Å². The highest BCUT2D eigenvalue weighted by Crippen LogP contribution is 2.25. The lowest BCUT2D eigenvalue weighted by atomic mass is 10.1. The molecule has 8 heteroatoms. The quantitative estimate of drug-likeness (QED) is 0.591. The smallest absolute Gasteiger partial charge is 0.338 e. The van der Waals surface area contributed by atoms with E-state index < -0.39 is 16.0 Å². The van der Waals surface area contributed by atoms with E-state index in [9.17, 15) is 13.2 Å². The topological polar surface area (TPSA) is 89.7 Å². The first kappa shape index (κ1) is 19.6. The third-order valence-electron chi connectivity index (χ3n) is 5.10. The first-order chi connectivity index (χ1) is 13.9. The van der Waals surface area contributed by atoms with Crippen molar-refractivity contribution in [2.45, 2.75) is 43.7 Å². The number of aromatic nitrogens is 1. The van der Waals surface area contributed by atoms with E-state index in [4.69, 9.17) is 9.15 Å². The molecule has 0 N–H and O–H groups in total. The van der Waals surface area contributed by atoms with Gasteiger partial charge in [0.25, 0.3) is 0 Å². The van der Waals surface area contributed by atoms with Crippen LogP contribution in [0.5, 0.6) is 0 Å². The molecule has 0 saturated carbocycles. The van der Waals surface area contributed by atoms with Crippen molar-refractivity contribution in [2.24, 2.45) is 0 Å². The van der Waals surface area contributed by atoms with Crippen LogP contribution < -0.4 is 0 Å². The molecule has 0 unspecified atom stereocenters. The summed E-state index contributed by atoms with van der Waals surface area (Å²) in [6.07, 6.45) is 2.77. The lowest BCUT2D eigenvalue weighted by Gasteiger charge is -2.32. The molecule has 0 radical (unpaired) electrons. The molecular weight excluding hydrogens is 392 g/mol. The first-order valence-corrected chi connectivity index (χ1v) is 11.0. The molecule has 1 saturated heterocycles. The molecule has 0 aliphatic carbocycles.